The summed E-state index contributed by atoms with van der Waals surface area (Å²) < 4.78 is 0. The van der Waals surface area contributed by atoms with E-state index < -0.39 is 0 Å². The molecule has 2 aromatic rings. The van der Waals surface area contributed by atoms with E-state index in [0.29, 0.717) is 24.6 Å². The van der Waals surface area contributed by atoms with Crippen molar-refractivity contribution < 1.29 is 0 Å². The first-order chi connectivity index (χ1) is 9.24. The highest BCUT2D eigenvalue weighted by molar-refractivity contribution is 7.07. The highest BCUT2D eigenvalue weighted by Gasteiger charge is 2.11. The van der Waals surface area contributed by atoms with Gasteiger partial charge in [0.05, 0.1) is 0 Å². The fourth-order valence-corrected chi connectivity index (χ4v) is 2.33. The Balaban J connectivity index is 2.33. The molecule has 0 radical (unpaired) electrons. The third kappa shape index (κ3) is 3.20. The van der Waals surface area contributed by atoms with E-state index in [2.05, 4.69) is 15.3 Å². The van der Waals surface area contributed by atoms with Crippen molar-refractivity contribution in [3.05, 3.63) is 44.1 Å². The number of thiophene rings is 1. The van der Waals surface area contributed by atoms with Crippen molar-refractivity contribution in [1.29, 1.82) is 5.26 Å². The van der Waals surface area contributed by atoms with Crippen LogP contribution >= 0.6 is 11.3 Å². The number of nitrogens with one attached hydrogen (secondary N) is 2. The Labute approximate surface area is 114 Å². The van der Waals surface area contributed by atoms with E-state index in [1.807, 2.05) is 29.8 Å². The minimum absolute atomic E-state index is 0.0440. The lowest BCUT2D eigenvalue weighted by atomic mass is 10.2. The van der Waals surface area contributed by atoms with E-state index in [1.54, 1.807) is 11.3 Å². The van der Waals surface area contributed by atoms with Gasteiger partial charge in [0, 0.05) is 13.0 Å². The molecule has 0 aliphatic heterocycles. The Morgan fingerprint density at radius 2 is 2.42 bits per heavy atom. The number of H-pyrrole nitrogens is 1. The summed E-state index contributed by atoms with van der Waals surface area (Å²) in [5, 5.41) is 16.0. The highest BCUT2D eigenvalue weighted by atomic mass is 32.1. The Morgan fingerprint density at radius 3 is 3.05 bits per heavy atom. The summed E-state index contributed by atoms with van der Waals surface area (Å²) in [5.41, 5.74) is 0.753. The maximum absolute atomic E-state index is 11.8. The molecular weight excluding hydrogens is 260 g/mol. The second-order valence-corrected chi connectivity index (χ2v) is 4.86. The zero-order chi connectivity index (χ0) is 13.7. The lowest BCUT2D eigenvalue weighted by molar-refractivity contribution is 0.915. The molecular formula is C13H14N4OS. The summed E-state index contributed by atoms with van der Waals surface area (Å²) in [6, 6.07) is 3.88. The van der Waals surface area contributed by atoms with E-state index in [9.17, 15) is 4.79 Å². The number of hydrogen-bond acceptors (Lipinski definition) is 5. The monoisotopic (exact) mass is 274 g/mol. The normalized spacial score (nSPS) is 10.1. The number of aromatic nitrogens is 2. The lowest BCUT2D eigenvalue weighted by Gasteiger charge is -2.07. The Bertz CT molecular complexity index is 640. The van der Waals surface area contributed by atoms with Gasteiger partial charge >= 0.3 is 0 Å². The van der Waals surface area contributed by atoms with Crippen LogP contribution in [0.5, 0.6) is 0 Å². The van der Waals surface area contributed by atoms with Gasteiger partial charge in [-0.1, -0.05) is 6.92 Å². The van der Waals surface area contributed by atoms with Crippen molar-refractivity contribution in [3.8, 4) is 6.07 Å². The molecule has 0 spiro atoms. The van der Waals surface area contributed by atoms with E-state index in [4.69, 9.17) is 5.26 Å². The topological polar surface area (TPSA) is 81.6 Å². The van der Waals surface area contributed by atoms with Crippen molar-refractivity contribution in [2.45, 2.75) is 19.8 Å². The van der Waals surface area contributed by atoms with E-state index in [0.717, 1.165) is 12.0 Å². The molecule has 6 heteroatoms. The number of rotatable bonds is 5. The van der Waals surface area contributed by atoms with Crippen LogP contribution < -0.4 is 10.9 Å². The summed E-state index contributed by atoms with van der Waals surface area (Å²) in [6.45, 7) is 2.70. The van der Waals surface area contributed by atoms with Crippen LogP contribution in [0.25, 0.3) is 0 Å². The van der Waals surface area contributed by atoms with Gasteiger partial charge in [0.1, 0.15) is 11.9 Å². The Morgan fingerprint density at radius 1 is 1.58 bits per heavy atom. The first-order valence-corrected chi connectivity index (χ1v) is 6.97. The number of nitriles is 1. The van der Waals surface area contributed by atoms with E-state index in [-0.39, 0.29) is 11.1 Å². The van der Waals surface area contributed by atoms with E-state index in [1.165, 1.54) is 0 Å². The van der Waals surface area contributed by atoms with Crippen molar-refractivity contribution >= 4 is 17.2 Å². The molecule has 0 aliphatic carbocycles. The van der Waals surface area contributed by atoms with Gasteiger partial charge in [-0.25, -0.2) is 4.98 Å². The quantitative estimate of drug-likeness (QED) is 0.875. The molecule has 0 bridgehead atoms. The summed E-state index contributed by atoms with van der Waals surface area (Å²) in [7, 11) is 0. The van der Waals surface area contributed by atoms with Crippen molar-refractivity contribution in [2.75, 3.05) is 11.9 Å². The Hall–Kier alpha value is -2.13. The van der Waals surface area contributed by atoms with Gasteiger partial charge in [-0.3, -0.25) is 4.79 Å². The van der Waals surface area contributed by atoms with Gasteiger partial charge in [0.2, 0.25) is 0 Å². The van der Waals surface area contributed by atoms with Crippen molar-refractivity contribution in [3.63, 3.8) is 0 Å². The Kier molecular flexibility index (Phi) is 4.31. The van der Waals surface area contributed by atoms with Gasteiger partial charge in [-0.2, -0.15) is 16.6 Å². The third-order valence-electron chi connectivity index (χ3n) is 2.57. The van der Waals surface area contributed by atoms with Crippen LogP contribution in [-0.2, 0) is 6.42 Å². The lowest BCUT2D eigenvalue weighted by Crippen LogP contribution is -2.19. The molecule has 0 aromatic carbocycles. The number of nitrogens with zero attached hydrogens (tertiary/aromatic N) is 2. The van der Waals surface area contributed by atoms with Crippen molar-refractivity contribution in [1.82, 2.24) is 9.97 Å². The summed E-state index contributed by atoms with van der Waals surface area (Å²) >= 11 is 1.60. The number of hydrogen-bond donors (Lipinski definition) is 2. The molecule has 98 valence electrons. The van der Waals surface area contributed by atoms with Crippen LogP contribution in [0.15, 0.2) is 21.6 Å². The van der Waals surface area contributed by atoms with Gasteiger partial charge in [-0.05, 0) is 28.8 Å². The second-order valence-electron chi connectivity index (χ2n) is 4.08. The molecule has 0 unspecified atom stereocenters. The fourth-order valence-electron chi connectivity index (χ4n) is 1.67. The molecule has 0 saturated carbocycles. The zero-order valence-electron chi connectivity index (χ0n) is 10.6. The molecule has 0 amide bonds. The first-order valence-electron chi connectivity index (χ1n) is 6.02. The minimum Gasteiger partial charge on any atom is -0.369 e. The first kappa shape index (κ1) is 13.3. The fraction of sp³-hybridized carbons (Fsp3) is 0.308. The van der Waals surface area contributed by atoms with Crippen LogP contribution in [0.2, 0.25) is 0 Å². The predicted molar refractivity (Wildman–Crippen MR) is 75.5 cm³/mol. The van der Waals surface area contributed by atoms with Crippen LogP contribution in [0.3, 0.4) is 0 Å². The standard InChI is InChI=1S/C13H14N4OS/c1-2-4-15-12-10(7-14)13(18)17-11(16-12)6-9-3-5-19-8-9/h3,5,8H,2,4,6H2,1H3,(H2,15,16,17,18). The third-order valence-corrected chi connectivity index (χ3v) is 3.31. The molecule has 5 nitrogen and oxygen atoms in total. The van der Waals surface area contributed by atoms with Gasteiger partial charge in [0.25, 0.3) is 5.56 Å². The largest absolute Gasteiger partial charge is 0.369 e. The smallest absolute Gasteiger partial charge is 0.271 e. The summed E-state index contributed by atoms with van der Waals surface area (Å²) in [5.74, 6) is 0.944. The average Bonchev–Trinajstić information content (AvgIpc) is 2.89. The van der Waals surface area contributed by atoms with Crippen LogP contribution in [0.4, 0.5) is 5.82 Å². The SMILES string of the molecule is CCCNc1nc(Cc2ccsc2)[nH]c(=O)c1C#N. The van der Waals surface area contributed by atoms with Gasteiger partial charge < -0.3 is 10.3 Å². The summed E-state index contributed by atoms with van der Waals surface area (Å²) in [4.78, 5) is 18.8. The molecule has 0 atom stereocenters. The maximum Gasteiger partial charge on any atom is 0.271 e. The molecule has 2 heterocycles. The predicted octanol–water partition coefficient (Wildman–Crippen LogP) is 2.12. The van der Waals surface area contributed by atoms with Gasteiger partial charge in [0.15, 0.2) is 11.4 Å². The second kappa shape index (κ2) is 6.16. The average molecular weight is 274 g/mol. The number of aromatic amines is 1. The molecule has 0 aliphatic rings. The molecule has 2 aromatic heterocycles. The van der Waals surface area contributed by atoms with E-state index >= 15 is 0 Å². The van der Waals surface area contributed by atoms with Crippen molar-refractivity contribution in [2.24, 2.45) is 0 Å². The highest BCUT2D eigenvalue weighted by Crippen LogP contribution is 2.12. The molecule has 0 fully saturated rings. The maximum atomic E-state index is 11.8. The summed E-state index contributed by atoms with van der Waals surface area (Å²) in [6.07, 6.45) is 1.46. The van der Waals surface area contributed by atoms with Crippen LogP contribution in [0, 0.1) is 11.3 Å². The van der Waals surface area contributed by atoms with Crippen LogP contribution in [-0.4, -0.2) is 16.5 Å². The van der Waals surface area contributed by atoms with Gasteiger partial charge in [-0.15, -0.1) is 0 Å². The molecule has 2 N–H and O–H groups in total. The van der Waals surface area contributed by atoms with Crippen LogP contribution in [0.1, 0.15) is 30.3 Å². The molecule has 0 saturated heterocycles. The minimum atomic E-state index is -0.388. The molecule has 19 heavy (non-hydrogen) atoms. The zero-order valence-corrected chi connectivity index (χ0v) is 11.4. The number of anilines is 1. The molecule has 2 rings (SSSR count).